The molecule has 22 heavy (non-hydrogen) atoms. The summed E-state index contributed by atoms with van der Waals surface area (Å²) in [6, 6.07) is 0. The zero-order chi connectivity index (χ0) is 17.0. The fraction of sp³-hybridized carbons (Fsp3) is 0.778. The minimum absolute atomic E-state index is 0.105. The molecule has 126 valence electrons. The Balaban J connectivity index is 2.99. The van der Waals surface area contributed by atoms with Crippen LogP contribution in [0, 0.1) is 5.92 Å². The predicted molar refractivity (Wildman–Crippen MR) is 93.5 cm³/mol. The summed E-state index contributed by atoms with van der Waals surface area (Å²) in [5.74, 6) is -0.382. The second-order valence-corrected chi connectivity index (χ2v) is 12.7. The second kappa shape index (κ2) is 7.69. The Hall–Kier alpha value is -0.743. The van der Waals surface area contributed by atoms with E-state index in [2.05, 4.69) is 40.8 Å². The first-order chi connectivity index (χ1) is 10.2. The Labute approximate surface area is 136 Å². The van der Waals surface area contributed by atoms with Gasteiger partial charge < -0.3 is 9.22 Å². The number of carbonyl (C=O) groups excluding carboxylic acids is 2. The van der Waals surface area contributed by atoms with Crippen LogP contribution in [-0.2, 0) is 14.0 Å². The topological polar surface area (TPSA) is 43.4 Å². The van der Waals surface area contributed by atoms with Crippen LogP contribution in [0.25, 0.3) is 0 Å². The molecule has 0 aliphatic heterocycles. The lowest BCUT2D eigenvalue weighted by molar-refractivity contribution is -0.115. The minimum Gasteiger partial charge on any atom is -0.413 e. The maximum atomic E-state index is 11.6. The molecule has 1 rings (SSSR count). The lowest BCUT2D eigenvalue weighted by Gasteiger charge is -2.42. The maximum absolute atomic E-state index is 11.6. The van der Waals surface area contributed by atoms with Crippen molar-refractivity contribution in [3.8, 4) is 0 Å². The Morgan fingerprint density at radius 1 is 1.27 bits per heavy atom. The largest absolute Gasteiger partial charge is 0.413 e. The summed E-state index contributed by atoms with van der Waals surface area (Å²) in [7, 11) is -1.94. The van der Waals surface area contributed by atoms with Crippen molar-refractivity contribution in [3.05, 3.63) is 11.1 Å². The van der Waals surface area contributed by atoms with Crippen molar-refractivity contribution in [1.29, 1.82) is 0 Å². The van der Waals surface area contributed by atoms with E-state index >= 15 is 0 Å². The monoisotopic (exact) mass is 324 g/mol. The third-order valence-corrected chi connectivity index (χ3v) is 9.76. The third-order valence-electron chi connectivity index (χ3n) is 5.26. The average molecular weight is 325 g/mol. The number of carbonyl (C=O) groups is 2. The van der Waals surface area contributed by atoms with Gasteiger partial charge in [-0.15, -0.1) is 0 Å². The van der Waals surface area contributed by atoms with E-state index < -0.39 is 8.32 Å². The van der Waals surface area contributed by atoms with Crippen molar-refractivity contribution < 1.29 is 14.0 Å². The van der Waals surface area contributed by atoms with Crippen molar-refractivity contribution >= 4 is 20.9 Å². The van der Waals surface area contributed by atoms with Crippen LogP contribution >= 0.6 is 0 Å². The Morgan fingerprint density at radius 3 is 2.36 bits per heavy atom. The molecule has 0 aromatic heterocycles. The van der Waals surface area contributed by atoms with Gasteiger partial charge in [0.1, 0.15) is 12.6 Å². The summed E-state index contributed by atoms with van der Waals surface area (Å²) in [6.07, 6.45) is 6.53. The van der Waals surface area contributed by atoms with Gasteiger partial charge in [-0.05, 0) is 43.8 Å². The van der Waals surface area contributed by atoms with Crippen molar-refractivity contribution in [2.45, 2.75) is 84.0 Å². The van der Waals surface area contributed by atoms with Crippen molar-refractivity contribution in [2.24, 2.45) is 5.92 Å². The van der Waals surface area contributed by atoms with E-state index in [1.54, 1.807) is 0 Å². The van der Waals surface area contributed by atoms with Gasteiger partial charge in [-0.3, -0.25) is 4.79 Å². The number of unbranched alkanes of at least 4 members (excludes halogenated alkanes) is 1. The van der Waals surface area contributed by atoms with Crippen molar-refractivity contribution in [2.75, 3.05) is 0 Å². The van der Waals surface area contributed by atoms with Crippen LogP contribution < -0.4 is 0 Å². The van der Waals surface area contributed by atoms with Crippen LogP contribution in [0.15, 0.2) is 11.1 Å². The summed E-state index contributed by atoms with van der Waals surface area (Å²) >= 11 is 0. The van der Waals surface area contributed by atoms with E-state index in [9.17, 15) is 9.59 Å². The molecule has 0 spiro atoms. The summed E-state index contributed by atoms with van der Waals surface area (Å²) in [4.78, 5) is 23.2. The molecule has 3 nitrogen and oxygen atoms in total. The average Bonchev–Trinajstić information content (AvgIpc) is 2.43. The molecule has 0 fully saturated rings. The normalized spacial score (nSPS) is 23.5. The second-order valence-electron chi connectivity index (χ2n) is 7.90. The molecule has 0 heterocycles. The molecule has 0 amide bonds. The quantitative estimate of drug-likeness (QED) is 0.505. The van der Waals surface area contributed by atoms with Crippen LogP contribution in [0.1, 0.15) is 59.8 Å². The van der Waals surface area contributed by atoms with E-state index in [0.717, 1.165) is 44.7 Å². The van der Waals surface area contributed by atoms with Gasteiger partial charge in [0.15, 0.2) is 8.32 Å². The van der Waals surface area contributed by atoms with E-state index in [4.69, 9.17) is 4.43 Å². The minimum atomic E-state index is -1.94. The lowest BCUT2D eigenvalue weighted by atomic mass is 9.80. The molecule has 0 saturated heterocycles. The molecule has 0 unspecified atom stereocenters. The van der Waals surface area contributed by atoms with Gasteiger partial charge in [-0.1, -0.05) is 39.7 Å². The Bertz CT molecular complexity index is 432. The summed E-state index contributed by atoms with van der Waals surface area (Å²) in [6.45, 7) is 13.1. The summed E-state index contributed by atoms with van der Waals surface area (Å²) < 4.78 is 6.45. The number of allylic oxidation sites excluding steroid dienone is 1. The fourth-order valence-electron chi connectivity index (χ4n) is 2.75. The van der Waals surface area contributed by atoms with E-state index in [0.29, 0.717) is 5.57 Å². The zero-order valence-electron chi connectivity index (χ0n) is 15.1. The first kappa shape index (κ1) is 19.3. The van der Waals surface area contributed by atoms with Gasteiger partial charge in [0.25, 0.3) is 0 Å². The predicted octanol–water partition coefficient (Wildman–Crippen LogP) is 4.67. The highest BCUT2D eigenvalue weighted by Gasteiger charge is 2.42. The van der Waals surface area contributed by atoms with Crippen molar-refractivity contribution in [3.63, 3.8) is 0 Å². The molecule has 0 radical (unpaired) electrons. The van der Waals surface area contributed by atoms with Crippen LogP contribution in [0.3, 0.4) is 0 Å². The van der Waals surface area contributed by atoms with E-state index in [1.165, 1.54) is 5.57 Å². The van der Waals surface area contributed by atoms with Gasteiger partial charge in [0.05, 0.1) is 12.0 Å². The van der Waals surface area contributed by atoms with Gasteiger partial charge in [-0.25, -0.2) is 0 Å². The fourth-order valence-corrected chi connectivity index (χ4v) is 4.12. The molecular formula is C18H32O3Si. The highest BCUT2D eigenvalue weighted by atomic mass is 28.4. The third kappa shape index (κ3) is 4.39. The van der Waals surface area contributed by atoms with Crippen LogP contribution in [0.4, 0.5) is 0 Å². The number of hydrogen-bond acceptors (Lipinski definition) is 3. The molecule has 0 N–H and O–H groups in total. The number of aldehydes is 2. The smallest absolute Gasteiger partial charge is 0.192 e. The highest BCUT2D eigenvalue weighted by molar-refractivity contribution is 6.74. The molecule has 0 aromatic rings. The first-order valence-electron chi connectivity index (χ1n) is 8.48. The first-order valence-corrected chi connectivity index (χ1v) is 11.4. The van der Waals surface area contributed by atoms with E-state index in [1.807, 2.05) is 0 Å². The lowest BCUT2D eigenvalue weighted by Crippen LogP contribution is -2.47. The molecule has 4 heteroatoms. The van der Waals surface area contributed by atoms with Gasteiger partial charge in [-0.2, -0.15) is 0 Å². The molecule has 0 bridgehead atoms. The van der Waals surface area contributed by atoms with Gasteiger partial charge in [0.2, 0.25) is 0 Å². The van der Waals surface area contributed by atoms with Crippen LogP contribution in [-0.4, -0.2) is 27.0 Å². The Morgan fingerprint density at radius 2 is 1.91 bits per heavy atom. The number of hydrogen-bond donors (Lipinski definition) is 0. The van der Waals surface area contributed by atoms with Crippen LogP contribution in [0.5, 0.6) is 0 Å². The molecule has 2 atom stereocenters. The maximum Gasteiger partial charge on any atom is 0.192 e. The molecule has 1 aliphatic carbocycles. The zero-order valence-corrected chi connectivity index (χ0v) is 16.1. The highest BCUT2D eigenvalue weighted by Crippen LogP contribution is 2.41. The summed E-state index contributed by atoms with van der Waals surface area (Å²) in [5, 5.41) is 0.105. The van der Waals surface area contributed by atoms with Crippen molar-refractivity contribution in [1.82, 2.24) is 0 Å². The van der Waals surface area contributed by atoms with Crippen LogP contribution in [0.2, 0.25) is 18.1 Å². The Kier molecular flexibility index (Phi) is 6.75. The number of rotatable bonds is 7. The van der Waals surface area contributed by atoms with Gasteiger partial charge >= 0.3 is 0 Å². The van der Waals surface area contributed by atoms with E-state index in [-0.39, 0.29) is 17.1 Å². The van der Waals surface area contributed by atoms with Gasteiger partial charge in [0, 0.05) is 5.57 Å². The summed E-state index contributed by atoms with van der Waals surface area (Å²) in [5.41, 5.74) is 1.86. The molecule has 0 aromatic carbocycles. The molecule has 0 saturated carbocycles. The molecular weight excluding hydrogens is 292 g/mol. The SMILES string of the molecule is CCCCC1=C(C=O)[C@H](C=O)[C@@H](O[Si](C)(C)C(C)(C)C)CC1. The molecule has 1 aliphatic rings. The standard InChI is InChI=1S/C18H32O3Si/c1-7-8-9-14-10-11-17(16(13-20)15(14)12-19)21-22(5,6)18(2,3)4/h12-13,16-17H,7-11H2,1-6H3/t16-,17-/m0/s1.